The second-order valence-corrected chi connectivity index (χ2v) is 4.80. The van der Waals surface area contributed by atoms with Crippen molar-refractivity contribution in [3.63, 3.8) is 0 Å². The molecule has 0 unspecified atom stereocenters. The largest absolute Gasteiger partial charge is 0.375 e. The lowest BCUT2D eigenvalue weighted by atomic mass is 10.1. The molecule has 1 aromatic carbocycles. The van der Waals surface area contributed by atoms with Gasteiger partial charge in [0.1, 0.15) is 5.69 Å². The van der Waals surface area contributed by atoms with E-state index in [-0.39, 0.29) is 5.91 Å². The summed E-state index contributed by atoms with van der Waals surface area (Å²) in [4.78, 5) is 11.9. The van der Waals surface area contributed by atoms with Gasteiger partial charge in [0.15, 0.2) is 0 Å². The van der Waals surface area contributed by atoms with Crippen molar-refractivity contribution in [1.82, 2.24) is 15.5 Å². The molecule has 0 atom stereocenters. The van der Waals surface area contributed by atoms with Crippen molar-refractivity contribution in [2.24, 2.45) is 0 Å². The highest BCUT2D eigenvalue weighted by Gasteiger charge is 2.10. The first-order valence-corrected chi connectivity index (χ1v) is 6.78. The van der Waals surface area contributed by atoms with E-state index in [0.717, 1.165) is 16.8 Å². The van der Waals surface area contributed by atoms with Crippen LogP contribution in [0.3, 0.4) is 0 Å². The summed E-state index contributed by atoms with van der Waals surface area (Å²) in [7, 11) is 0. The van der Waals surface area contributed by atoms with Crippen molar-refractivity contribution in [2.45, 2.75) is 6.92 Å². The first-order chi connectivity index (χ1) is 10.2. The molecule has 2 aromatic rings. The molecule has 21 heavy (non-hydrogen) atoms. The number of hydrogen-bond donors (Lipinski definition) is 2. The van der Waals surface area contributed by atoms with Gasteiger partial charge in [0.05, 0.1) is 18.9 Å². The number of amides is 1. The van der Waals surface area contributed by atoms with Crippen LogP contribution in [0.15, 0.2) is 48.6 Å². The lowest BCUT2D eigenvalue weighted by Crippen LogP contribution is -2.27. The molecule has 1 aromatic heterocycles. The van der Waals surface area contributed by atoms with Gasteiger partial charge in [-0.25, -0.2) is 0 Å². The fraction of sp³-hybridized carbons (Fsp3) is 0.250. The van der Waals surface area contributed by atoms with Gasteiger partial charge in [-0.05, 0) is 13.0 Å². The average molecular weight is 285 g/mol. The summed E-state index contributed by atoms with van der Waals surface area (Å²) >= 11 is 0. The maximum Gasteiger partial charge on any atom is 0.269 e. The van der Waals surface area contributed by atoms with E-state index in [2.05, 4.69) is 22.1 Å². The van der Waals surface area contributed by atoms with E-state index in [1.807, 2.05) is 37.3 Å². The average Bonchev–Trinajstić information content (AvgIpc) is 2.97. The molecule has 1 amide bonds. The molecule has 0 spiro atoms. The monoisotopic (exact) mass is 285 g/mol. The fourth-order valence-corrected chi connectivity index (χ4v) is 1.77. The third-order valence-corrected chi connectivity index (χ3v) is 2.77. The predicted molar refractivity (Wildman–Crippen MR) is 82.0 cm³/mol. The zero-order valence-corrected chi connectivity index (χ0v) is 12.1. The highest BCUT2D eigenvalue weighted by Crippen LogP contribution is 2.16. The minimum Gasteiger partial charge on any atom is -0.375 e. The van der Waals surface area contributed by atoms with E-state index in [4.69, 9.17) is 4.74 Å². The van der Waals surface area contributed by atoms with Gasteiger partial charge in [0.2, 0.25) is 0 Å². The second-order valence-electron chi connectivity index (χ2n) is 4.80. The van der Waals surface area contributed by atoms with Crippen molar-refractivity contribution in [2.75, 3.05) is 19.8 Å². The van der Waals surface area contributed by atoms with E-state index in [0.29, 0.717) is 25.5 Å². The van der Waals surface area contributed by atoms with Gasteiger partial charge < -0.3 is 10.1 Å². The van der Waals surface area contributed by atoms with Crippen LogP contribution in [0.25, 0.3) is 11.3 Å². The summed E-state index contributed by atoms with van der Waals surface area (Å²) in [6.45, 7) is 7.06. The van der Waals surface area contributed by atoms with Gasteiger partial charge in [-0.15, -0.1) is 0 Å². The molecule has 5 heteroatoms. The number of ether oxygens (including phenoxy) is 1. The van der Waals surface area contributed by atoms with E-state index in [1.54, 1.807) is 6.07 Å². The maximum absolute atomic E-state index is 11.9. The van der Waals surface area contributed by atoms with E-state index < -0.39 is 0 Å². The molecule has 5 nitrogen and oxygen atoms in total. The van der Waals surface area contributed by atoms with Crippen LogP contribution in [0.2, 0.25) is 0 Å². The summed E-state index contributed by atoms with van der Waals surface area (Å²) in [5.41, 5.74) is 3.12. The third kappa shape index (κ3) is 4.57. The smallest absolute Gasteiger partial charge is 0.269 e. The SMILES string of the molecule is C=C(C)COCCNC(=O)c1cc(-c2ccccc2)n[nH]1. The molecule has 0 fully saturated rings. The number of carbonyl (C=O) groups is 1. The number of aromatic nitrogens is 2. The van der Waals surface area contributed by atoms with Gasteiger partial charge >= 0.3 is 0 Å². The Balaban J connectivity index is 1.84. The molecule has 0 bridgehead atoms. The summed E-state index contributed by atoms with van der Waals surface area (Å²) in [6, 6.07) is 11.4. The molecule has 2 rings (SSSR count). The Kier molecular flexibility index (Phi) is 5.29. The first-order valence-electron chi connectivity index (χ1n) is 6.78. The number of hydrogen-bond acceptors (Lipinski definition) is 3. The van der Waals surface area contributed by atoms with E-state index in [1.165, 1.54) is 0 Å². The minimum absolute atomic E-state index is 0.191. The molecule has 110 valence electrons. The molecule has 1 heterocycles. The number of nitrogens with zero attached hydrogens (tertiary/aromatic N) is 1. The van der Waals surface area contributed by atoms with E-state index in [9.17, 15) is 4.79 Å². The zero-order chi connectivity index (χ0) is 15.1. The molecule has 0 aliphatic carbocycles. The molecule has 0 aliphatic heterocycles. The predicted octanol–water partition coefficient (Wildman–Crippen LogP) is 2.40. The van der Waals surface area contributed by atoms with Gasteiger partial charge in [-0.1, -0.05) is 42.5 Å². The maximum atomic E-state index is 11.9. The van der Waals surface area contributed by atoms with Crippen LogP contribution >= 0.6 is 0 Å². The van der Waals surface area contributed by atoms with Crippen molar-refractivity contribution >= 4 is 5.91 Å². The lowest BCUT2D eigenvalue weighted by molar-refractivity contribution is 0.0922. The molecular weight excluding hydrogens is 266 g/mol. The first kappa shape index (κ1) is 15.0. The number of aromatic amines is 1. The Hall–Kier alpha value is -2.40. The molecule has 0 radical (unpaired) electrons. The fourth-order valence-electron chi connectivity index (χ4n) is 1.77. The van der Waals surface area contributed by atoms with Crippen molar-refractivity contribution < 1.29 is 9.53 Å². The van der Waals surface area contributed by atoms with Crippen molar-refractivity contribution in [1.29, 1.82) is 0 Å². The highest BCUT2D eigenvalue weighted by molar-refractivity contribution is 5.93. The van der Waals surface area contributed by atoms with Crippen LogP contribution in [0.1, 0.15) is 17.4 Å². The van der Waals surface area contributed by atoms with Crippen LogP contribution in [-0.2, 0) is 4.74 Å². The molecule has 0 aliphatic rings. The Morgan fingerprint density at radius 1 is 1.38 bits per heavy atom. The van der Waals surface area contributed by atoms with Gasteiger partial charge in [0, 0.05) is 12.1 Å². The summed E-state index contributed by atoms with van der Waals surface area (Å²) in [5.74, 6) is -0.191. The van der Waals surface area contributed by atoms with Crippen molar-refractivity contribution in [3.05, 3.63) is 54.2 Å². The molecule has 0 saturated heterocycles. The topological polar surface area (TPSA) is 67.0 Å². The van der Waals surface area contributed by atoms with Crippen molar-refractivity contribution in [3.8, 4) is 11.3 Å². The standard InChI is InChI=1S/C16H19N3O2/c1-12(2)11-21-9-8-17-16(20)15-10-14(18-19-15)13-6-4-3-5-7-13/h3-7,10H,1,8-9,11H2,2H3,(H,17,20)(H,18,19). The van der Waals surface area contributed by atoms with Crippen LogP contribution in [0, 0.1) is 0 Å². The Labute approximate surface area is 124 Å². The van der Waals surface area contributed by atoms with Gasteiger partial charge in [-0.2, -0.15) is 5.10 Å². The van der Waals surface area contributed by atoms with Crippen LogP contribution in [-0.4, -0.2) is 35.9 Å². The number of rotatable bonds is 7. The summed E-state index contributed by atoms with van der Waals surface area (Å²) in [6.07, 6.45) is 0. The zero-order valence-electron chi connectivity index (χ0n) is 12.1. The number of benzene rings is 1. The van der Waals surface area contributed by atoms with Crippen LogP contribution in [0.4, 0.5) is 0 Å². The Bertz CT molecular complexity index is 605. The number of H-pyrrole nitrogens is 1. The second kappa shape index (κ2) is 7.40. The van der Waals surface area contributed by atoms with Crippen LogP contribution < -0.4 is 5.32 Å². The molecule has 2 N–H and O–H groups in total. The Morgan fingerprint density at radius 3 is 2.86 bits per heavy atom. The normalized spacial score (nSPS) is 10.3. The minimum atomic E-state index is -0.191. The van der Waals surface area contributed by atoms with Crippen LogP contribution in [0.5, 0.6) is 0 Å². The van der Waals surface area contributed by atoms with E-state index >= 15 is 0 Å². The third-order valence-electron chi connectivity index (χ3n) is 2.77. The van der Waals surface area contributed by atoms with Gasteiger partial charge in [-0.3, -0.25) is 9.89 Å². The molecular formula is C16H19N3O2. The number of carbonyl (C=O) groups excluding carboxylic acids is 1. The number of nitrogens with one attached hydrogen (secondary N) is 2. The van der Waals surface area contributed by atoms with Gasteiger partial charge in [0.25, 0.3) is 5.91 Å². The lowest BCUT2D eigenvalue weighted by Gasteiger charge is -2.04. The molecule has 0 saturated carbocycles. The quantitative estimate of drug-likeness (QED) is 0.606. The Morgan fingerprint density at radius 2 is 2.14 bits per heavy atom. The summed E-state index contributed by atoms with van der Waals surface area (Å²) in [5, 5.41) is 9.67. The highest BCUT2D eigenvalue weighted by atomic mass is 16.5. The summed E-state index contributed by atoms with van der Waals surface area (Å²) < 4.78 is 5.32.